The molecule has 1 aromatic carbocycles. The van der Waals surface area contributed by atoms with Gasteiger partial charge in [-0.15, -0.1) is 0 Å². The maximum atomic E-state index is 11.5. The molecule has 1 aromatic rings. The summed E-state index contributed by atoms with van der Waals surface area (Å²) in [7, 11) is 1.45. The van der Waals surface area contributed by atoms with Gasteiger partial charge in [0.2, 0.25) is 0 Å². The largest absolute Gasteiger partial charge is 0.469 e. The average molecular weight is 305 g/mol. The summed E-state index contributed by atoms with van der Waals surface area (Å²) in [5, 5.41) is 10.3. The Bertz CT molecular complexity index is 464. The Morgan fingerprint density at radius 2 is 1.95 bits per heavy atom. The maximum absolute atomic E-state index is 11.5. The maximum Gasteiger partial charge on any atom is 0.308 e. The molecule has 1 atom stereocenters. The molecule has 1 aliphatic heterocycles. The summed E-state index contributed by atoms with van der Waals surface area (Å²) in [6, 6.07) is 8.21. The van der Waals surface area contributed by atoms with Crippen molar-refractivity contribution in [2.24, 2.45) is 5.92 Å². The Kier molecular flexibility index (Phi) is 6.40. The predicted molar refractivity (Wildman–Crippen MR) is 86.6 cm³/mol. The Labute approximate surface area is 133 Å². The number of rotatable bonds is 6. The normalized spacial score (nSPS) is 18.1. The van der Waals surface area contributed by atoms with E-state index in [9.17, 15) is 9.90 Å². The van der Waals surface area contributed by atoms with E-state index in [0.717, 1.165) is 50.9 Å². The second kappa shape index (κ2) is 8.30. The summed E-state index contributed by atoms with van der Waals surface area (Å²) in [6.07, 6.45) is 3.05. The number of benzene rings is 1. The van der Waals surface area contributed by atoms with Crippen LogP contribution >= 0.6 is 0 Å². The number of ether oxygens (including phenoxy) is 1. The summed E-state index contributed by atoms with van der Waals surface area (Å²) in [5.74, 6) is -0.0385. The van der Waals surface area contributed by atoms with Crippen LogP contribution in [0.4, 0.5) is 0 Å². The number of esters is 1. The molecule has 2 rings (SSSR count). The molecule has 4 heteroatoms. The van der Waals surface area contributed by atoms with Crippen molar-refractivity contribution in [1.82, 2.24) is 4.90 Å². The fraction of sp³-hybridized carbons (Fsp3) is 0.611. The first kappa shape index (κ1) is 17.0. The van der Waals surface area contributed by atoms with Gasteiger partial charge in [-0.25, -0.2) is 0 Å². The summed E-state index contributed by atoms with van der Waals surface area (Å²) in [6.45, 7) is 4.80. The fourth-order valence-electron chi connectivity index (χ4n) is 3.01. The summed E-state index contributed by atoms with van der Waals surface area (Å²) in [4.78, 5) is 13.8. The molecule has 0 aliphatic carbocycles. The number of hydrogen-bond acceptors (Lipinski definition) is 4. The summed E-state index contributed by atoms with van der Waals surface area (Å²) < 4.78 is 4.80. The van der Waals surface area contributed by atoms with Gasteiger partial charge in [-0.2, -0.15) is 0 Å². The van der Waals surface area contributed by atoms with Crippen molar-refractivity contribution in [3.8, 4) is 0 Å². The van der Waals surface area contributed by atoms with Crippen LogP contribution in [0.5, 0.6) is 0 Å². The third-order valence-electron chi connectivity index (χ3n) is 4.61. The Hall–Kier alpha value is -1.39. The van der Waals surface area contributed by atoms with Gasteiger partial charge in [0.15, 0.2) is 0 Å². The number of hydrogen-bond donors (Lipinski definition) is 1. The van der Waals surface area contributed by atoms with Crippen LogP contribution in [0.3, 0.4) is 0 Å². The lowest BCUT2D eigenvalue weighted by molar-refractivity contribution is -0.147. The minimum Gasteiger partial charge on any atom is -0.469 e. The number of methoxy groups -OCH3 is 1. The molecule has 1 saturated heterocycles. The molecular formula is C18H27NO3. The number of aliphatic hydroxyl groups excluding tert-OH is 1. The highest BCUT2D eigenvalue weighted by Gasteiger charge is 2.25. The lowest BCUT2D eigenvalue weighted by Crippen LogP contribution is -2.37. The molecular weight excluding hydrogens is 278 g/mol. The van der Waals surface area contributed by atoms with E-state index >= 15 is 0 Å². The minimum atomic E-state index is -0.413. The van der Waals surface area contributed by atoms with Crippen molar-refractivity contribution in [2.75, 3.05) is 26.7 Å². The van der Waals surface area contributed by atoms with Crippen molar-refractivity contribution in [1.29, 1.82) is 0 Å². The lowest BCUT2D eigenvalue weighted by atomic mass is 9.96. The van der Waals surface area contributed by atoms with Gasteiger partial charge in [0.25, 0.3) is 0 Å². The Balaban J connectivity index is 1.75. The number of likely N-dealkylation sites (tertiary alicyclic amines) is 1. The van der Waals surface area contributed by atoms with E-state index in [0.29, 0.717) is 0 Å². The van der Waals surface area contributed by atoms with Crippen LogP contribution in [0, 0.1) is 5.92 Å². The van der Waals surface area contributed by atoms with E-state index in [1.807, 2.05) is 12.1 Å². The van der Waals surface area contributed by atoms with E-state index in [1.165, 1.54) is 12.7 Å². The van der Waals surface area contributed by atoms with Crippen molar-refractivity contribution in [3.63, 3.8) is 0 Å². The molecule has 1 aliphatic rings. The van der Waals surface area contributed by atoms with Crippen LogP contribution in [-0.4, -0.2) is 42.7 Å². The standard InChI is InChI=1S/C18H27NO3/c1-3-14-4-6-15(7-5-14)17(20)10-13-19-11-8-16(9-12-19)18(21)22-2/h4-7,16-17,20H,3,8-13H2,1-2H3. The number of nitrogens with zero attached hydrogens (tertiary/aromatic N) is 1. The van der Waals surface area contributed by atoms with Gasteiger partial charge in [-0.3, -0.25) is 4.79 Å². The monoisotopic (exact) mass is 305 g/mol. The molecule has 122 valence electrons. The van der Waals surface area contributed by atoms with Crippen LogP contribution in [0.2, 0.25) is 0 Å². The first-order valence-corrected chi connectivity index (χ1v) is 8.21. The number of carbonyl (C=O) groups is 1. The number of carbonyl (C=O) groups excluding carboxylic acids is 1. The van der Waals surface area contributed by atoms with Crippen LogP contribution in [-0.2, 0) is 16.0 Å². The second-order valence-corrected chi connectivity index (χ2v) is 6.04. The topological polar surface area (TPSA) is 49.8 Å². The zero-order valence-electron chi connectivity index (χ0n) is 13.6. The zero-order valence-corrected chi connectivity index (χ0v) is 13.6. The third kappa shape index (κ3) is 4.55. The summed E-state index contributed by atoms with van der Waals surface area (Å²) in [5.41, 5.74) is 2.28. The van der Waals surface area contributed by atoms with Gasteiger partial charge < -0.3 is 14.7 Å². The van der Waals surface area contributed by atoms with Gasteiger partial charge in [0, 0.05) is 6.54 Å². The van der Waals surface area contributed by atoms with Crippen LogP contribution in [0.25, 0.3) is 0 Å². The average Bonchev–Trinajstić information content (AvgIpc) is 2.59. The molecule has 0 aromatic heterocycles. The fourth-order valence-corrected chi connectivity index (χ4v) is 3.01. The van der Waals surface area contributed by atoms with Gasteiger partial charge in [-0.05, 0) is 49.9 Å². The van der Waals surface area contributed by atoms with Gasteiger partial charge in [-0.1, -0.05) is 31.2 Å². The number of piperidine rings is 1. The highest BCUT2D eigenvalue weighted by molar-refractivity contribution is 5.72. The first-order chi connectivity index (χ1) is 10.6. The van der Waals surface area contributed by atoms with Crippen molar-refractivity contribution in [3.05, 3.63) is 35.4 Å². The Morgan fingerprint density at radius 1 is 1.32 bits per heavy atom. The van der Waals surface area contributed by atoms with Crippen LogP contribution < -0.4 is 0 Å². The van der Waals surface area contributed by atoms with Gasteiger partial charge in [0.05, 0.1) is 19.1 Å². The Morgan fingerprint density at radius 3 is 2.50 bits per heavy atom. The third-order valence-corrected chi connectivity index (χ3v) is 4.61. The lowest BCUT2D eigenvalue weighted by Gasteiger charge is -2.31. The number of aliphatic hydroxyl groups is 1. The van der Waals surface area contributed by atoms with E-state index in [2.05, 4.69) is 24.0 Å². The molecule has 0 spiro atoms. The highest BCUT2D eigenvalue weighted by Crippen LogP contribution is 2.22. The number of aryl methyl sites for hydroxylation is 1. The SMILES string of the molecule is CCc1ccc(C(O)CCN2CCC(C(=O)OC)CC2)cc1. The van der Waals surface area contributed by atoms with Gasteiger partial charge in [0.1, 0.15) is 0 Å². The quantitative estimate of drug-likeness (QED) is 0.821. The molecule has 0 amide bonds. The van der Waals surface area contributed by atoms with Crippen LogP contribution in [0.15, 0.2) is 24.3 Å². The smallest absolute Gasteiger partial charge is 0.308 e. The molecule has 0 radical (unpaired) electrons. The van der Waals surface area contributed by atoms with E-state index < -0.39 is 6.10 Å². The van der Waals surface area contributed by atoms with E-state index in [-0.39, 0.29) is 11.9 Å². The molecule has 1 heterocycles. The minimum absolute atomic E-state index is 0.0489. The van der Waals surface area contributed by atoms with Crippen molar-refractivity contribution < 1.29 is 14.6 Å². The van der Waals surface area contributed by atoms with Crippen LogP contribution in [0.1, 0.15) is 43.4 Å². The molecule has 0 bridgehead atoms. The molecule has 22 heavy (non-hydrogen) atoms. The second-order valence-electron chi connectivity index (χ2n) is 6.04. The highest BCUT2D eigenvalue weighted by atomic mass is 16.5. The molecule has 4 nitrogen and oxygen atoms in total. The molecule has 1 unspecified atom stereocenters. The summed E-state index contributed by atoms with van der Waals surface area (Å²) >= 11 is 0. The molecule has 0 saturated carbocycles. The predicted octanol–water partition coefficient (Wildman–Crippen LogP) is 2.56. The van der Waals surface area contributed by atoms with E-state index in [1.54, 1.807) is 0 Å². The van der Waals surface area contributed by atoms with Gasteiger partial charge >= 0.3 is 5.97 Å². The van der Waals surface area contributed by atoms with E-state index in [4.69, 9.17) is 4.74 Å². The van der Waals surface area contributed by atoms with Crippen molar-refractivity contribution in [2.45, 2.75) is 38.7 Å². The van der Waals surface area contributed by atoms with Crippen molar-refractivity contribution >= 4 is 5.97 Å². The molecule has 1 fully saturated rings. The zero-order chi connectivity index (χ0) is 15.9. The molecule has 1 N–H and O–H groups in total. The first-order valence-electron chi connectivity index (χ1n) is 8.21.